The second-order valence-corrected chi connectivity index (χ2v) is 19.7. The van der Waals surface area contributed by atoms with E-state index in [-0.39, 0.29) is 22.6 Å². The molecule has 2 aromatic rings. The number of carboxylic acids is 1. The van der Waals surface area contributed by atoms with E-state index in [4.69, 9.17) is 5.11 Å². The third-order valence-electron chi connectivity index (χ3n) is 11.6. The second-order valence-electron chi connectivity index (χ2n) is 15.4. The highest BCUT2D eigenvalue weighted by atomic mass is 32.2. The summed E-state index contributed by atoms with van der Waals surface area (Å²) < 4.78 is 108. The van der Waals surface area contributed by atoms with Crippen LogP contribution in [-0.4, -0.2) is 79.1 Å². The monoisotopic (exact) mass is 816 g/mol. The summed E-state index contributed by atoms with van der Waals surface area (Å²) in [6, 6.07) is 6.30. The van der Waals surface area contributed by atoms with Crippen molar-refractivity contribution in [2.24, 2.45) is 0 Å². The van der Waals surface area contributed by atoms with Crippen molar-refractivity contribution >= 4 is 53.4 Å². The summed E-state index contributed by atoms with van der Waals surface area (Å²) in [6.07, 6.45) is 15.5. The van der Waals surface area contributed by atoms with E-state index in [0.717, 1.165) is 47.5 Å². The van der Waals surface area contributed by atoms with Crippen LogP contribution in [0.3, 0.4) is 0 Å². The number of aryl methyl sites for hydroxylation is 2. The van der Waals surface area contributed by atoms with Crippen molar-refractivity contribution in [3.05, 3.63) is 82.6 Å². The minimum absolute atomic E-state index is 0.0398. The molecule has 3 N–H and O–H groups in total. The molecule has 16 heteroatoms. The number of rotatable bonds is 16. The second kappa shape index (κ2) is 15.3. The number of nitrogens with zero attached hydrogens (tertiary/aromatic N) is 2. The lowest BCUT2D eigenvalue weighted by Gasteiger charge is -2.32. The molecule has 13 nitrogen and oxygen atoms in total. The molecule has 0 spiro atoms. The lowest BCUT2D eigenvalue weighted by Crippen LogP contribution is -2.32. The molecule has 2 atom stereocenters. The van der Waals surface area contributed by atoms with E-state index in [2.05, 4.69) is 9.48 Å². The molecule has 0 amide bonds. The van der Waals surface area contributed by atoms with Gasteiger partial charge in [-0.15, -0.1) is 0 Å². The number of benzene rings is 2. The fraction of sp³-hybridized carbons (Fsp3) is 0.487. The van der Waals surface area contributed by atoms with Crippen LogP contribution in [0.25, 0.3) is 0 Å². The Bertz CT molecular complexity index is 2360. The molecule has 0 aliphatic carbocycles. The zero-order valence-electron chi connectivity index (χ0n) is 31.0. The summed E-state index contributed by atoms with van der Waals surface area (Å²) in [5.74, 6) is -1.31. The summed E-state index contributed by atoms with van der Waals surface area (Å²) in [4.78, 5) is 12.8. The van der Waals surface area contributed by atoms with E-state index in [9.17, 15) is 43.7 Å². The van der Waals surface area contributed by atoms with Gasteiger partial charge in [-0.05, 0) is 82.6 Å². The Balaban J connectivity index is 1.38. The largest absolute Gasteiger partial charge is 0.744 e. The fourth-order valence-electron chi connectivity index (χ4n) is 9.26. The average molecular weight is 817 g/mol. The SMILES string of the molecule is CC1(CCCCS(=O)(=O)O)C(=CC=CC=CC2=[N+]3CCCc4ccc(S(=O)(=O)O)c(c43)C2(C)CCCCCC(=O)O)N2CCCc3ccc(S(=O)(=O)[O-])c1c32. The topological polar surface area (TPSA) is 209 Å². The van der Waals surface area contributed by atoms with E-state index in [0.29, 0.717) is 74.8 Å². The van der Waals surface area contributed by atoms with E-state index >= 15 is 0 Å². The maximum absolute atomic E-state index is 12.7. The van der Waals surface area contributed by atoms with Crippen LogP contribution in [-0.2, 0) is 58.8 Å². The molecule has 4 aliphatic heterocycles. The van der Waals surface area contributed by atoms with Crippen LogP contribution in [0.15, 0.2) is 70.1 Å². The average Bonchev–Trinajstić information content (AvgIpc) is 3.49. The van der Waals surface area contributed by atoms with Crippen molar-refractivity contribution in [1.29, 1.82) is 0 Å². The van der Waals surface area contributed by atoms with Crippen LogP contribution in [0, 0.1) is 0 Å². The number of carbonyl (C=O) groups is 1. The van der Waals surface area contributed by atoms with Crippen LogP contribution in [0.2, 0.25) is 0 Å². The molecule has 0 fully saturated rings. The Morgan fingerprint density at radius 1 is 0.836 bits per heavy atom. The molecule has 2 unspecified atom stereocenters. The lowest BCUT2D eigenvalue weighted by molar-refractivity contribution is -0.443. The van der Waals surface area contributed by atoms with Gasteiger partial charge in [-0.3, -0.25) is 13.9 Å². The minimum atomic E-state index is -4.86. The Kier molecular flexibility index (Phi) is 11.4. The number of aliphatic carboxylic acids is 1. The molecule has 0 radical (unpaired) electrons. The van der Waals surface area contributed by atoms with E-state index < -0.39 is 52.9 Å². The number of unbranched alkanes of at least 4 members (excludes halogenated alkanes) is 3. The van der Waals surface area contributed by atoms with Crippen LogP contribution in [0.5, 0.6) is 0 Å². The smallest absolute Gasteiger partial charge is 0.303 e. The predicted octanol–water partition coefficient (Wildman–Crippen LogP) is 5.95. The summed E-state index contributed by atoms with van der Waals surface area (Å²) in [5, 5.41) is 9.13. The van der Waals surface area contributed by atoms with Gasteiger partial charge in [-0.25, -0.2) is 8.42 Å². The Hall–Kier alpha value is -3.67. The number of carboxylic acid groups (broad SMARTS) is 1. The van der Waals surface area contributed by atoms with Gasteiger partial charge >= 0.3 is 5.97 Å². The first-order valence-corrected chi connectivity index (χ1v) is 23.1. The lowest BCUT2D eigenvalue weighted by atomic mass is 9.74. The molecular weight excluding hydrogens is 769 g/mol. The molecule has 4 aliphatic rings. The van der Waals surface area contributed by atoms with Crippen LogP contribution in [0.4, 0.5) is 11.4 Å². The summed E-state index contributed by atoms with van der Waals surface area (Å²) in [7, 11) is -13.6. The molecule has 298 valence electrons. The normalized spacial score (nSPS) is 23.0. The first-order chi connectivity index (χ1) is 25.8. The van der Waals surface area contributed by atoms with E-state index in [1.807, 2.05) is 44.2 Å². The molecule has 0 aromatic heterocycles. The Labute approximate surface area is 323 Å². The highest BCUT2D eigenvalue weighted by Gasteiger charge is 2.52. The summed E-state index contributed by atoms with van der Waals surface area (Å²) >= 11 is 0. The predicted molar refractivity (Wildman–Crippen MR) is 206 cm³/mol. The van der Waals surface area contributed by atoms with Crippen LogP contribution in [0.1, 0.15) is 100 Å². The van der Waals surface area contributed by atoms with Gasteiger partial charge in [0.15, 0.2) is 5.71 Å². The Morgan fingerprint density at radius 3 is 2.20 bits per heavy atom. The van der Waals surface area contributed by atoms with Crippen molar-refractivity contribution in [1.82, 2.24) is 0 Å². The summed E-state index contributed by atoms with van der Waals surface area (Å²) in [5.41, 5.74) is 4.22. The molecule has 0 saturated carbocycles. The van der Waals surface area contributed by atoms with Crippen LogP contribution < -0.4 is 4.90 Å². The summed E-state index contributed by atoms with van der Waals surface area (Å²) in [6.45, 7) is 5.07. The third-order valence-corrected chi connectivity index (χ3v) is 14.2. The number of allylic oxidation sites excluding steroid dienone is 6. The molecular formula is C39H48N2O11S3. The van der Waals surface area contributed by atoms with Crippen LogP contribution >= 0.6 is 0 Å². The number of hydrogen-bond acceptors (Lipinski definition) is 9. The standard InChI is InChI=1S/C39H48N2O11S3/c1-38(22-8-4-7-17-33(42)43)31(40-24-11-13-27-18-20-29(54(47,48)49)34(38)36(27)40)15-5-3-6-16-32-39(2,23-9-10-26-53(44,45)46)35-30(55(50,51)52)21-19-28-14-12-25-41(32)37(28)35/h3,5-6,15-16,18-21H,4,7-14,17,22-26H2,1-2H3,(H3-,42,43,44,45,46,47,48,49,50,51,52). The maximum atomic E-state index is 12.7. The molecule has 4 heterocycles. The van der Waals surface area contributed by atoms with Gasteiger partial charge in [0.1, 0.15) is 21.6 Å². The Morgan fingerprint density at radius 2 is 1.51 bits per heavy atom. The zero-order valence-corrected chi connectivity index (χ0v) is 33.5. The van der Waals surface area contributed by atoms with Gasteiger partial charge in [0, 0.05) is 53.4 Å². The zero-order chi connectivity index (χ0) is 40.0. The highest BCUT2D eigenvalue weighted by molar-refractivity contribution is 7.86. The van der Waals surface area contributed by atoms with Crippen molar-refractivity contribution in [3.8, 4) is 0 Å². The fourth-order valence-corrected chi connectivity index (χ4v) is 11.5. The van der Waals surface area contributed by atoms with E-state index in [1.165, 1.54) is 12.1 Å². The maximum Gasteiger partial charge on any atom is 0.303 e. The molecule has 2 aromatic carbocycles. The minimum Gasteiger partial charge on any atom is -0.744 e. The molecule has 6 rings (SSSR count). The van der Waals surface area contributed by atoms with Gasteiger partial charge in [0.25, 0.3) is 20.2 Å². The van der Waals surface area contributed by atoms with Crippen molar-refractivity contribution < 1.29 is 53.4 Å². The quantitative estimate of drug-likeness (QED) is 0.0777. The van der Waals surface area contributed by atoms with Crippen molar-refractivity contribution in [2.45, 2.75) is 112 Å². The highest BCUT2D eigenvalue weighted by Crippen LogP contribution is 2.56. The molecule has 55 heavy (non-hydrogen) atoms. The van der Waals surface area contributed by atoms with Gasteiger partial charge in [0.2, 0.25) is 5.69 Å². The van der Waals surface area contributed by atoms with E-state index in [1.54, 1.807) is 12.1 Å². The van der Waals surface area contributed by atoms with Gasteiger partial charge in [0.05, 0.1) is 21.6 Å². The number of hydrogen-bond donors (Lipinski definition) is 3. The van der Waals surface area contributed by atoms with Crippen molar-refractivity contribution in [3.63, 3.8) is 0 Å². The molecule has 0 saturated heterocycles. The third kappa shape index (κ3) is 8.12. The van der Waals surface area contributed by atoms with Gasteiger partial charge in [-0.1, -0.05) is 49.6 Å². The van der Waals surface area contributed by atoms with Gasteiger partial charge in [-0.2, -0.15) is 21.4 Å². The number of anilines is 1. The molecule has 0 bridgehead atoms. The first-order valence-electron chi connectivity index (χ1n) is 18.7. The van der Waals surface area contributed by atoms with Crippen molar-refractivity contribution in [2.75, 3.05) is 23.7 Å². The van der Waals surface area contributed by atoms with Gasteiger partial charge < -0.3 is 14.6 Å². The first kappa shape index (κ1) is 41.0.